The van der Waals surface area contributed by atoms with E-state index in [9.17, 15) is 24.0 Å². The van der Waals surface area contributed by atoms with Crippen molar-refractivity contribution in [2.45, 2.75) is 19.4 Å². The number of nitrogens with zero attached hydrogens (tertiary/aromatic N) is 1. The van der Waals surface area contributed by atoms with Gasteiger partial charge in [0.25, 0.3) is 5.69 Å². The maximum Gasteiger partial charge on any atom is 0.295 e. The number of aliphatic hydroxyl groups excluding tert-OH is 1. The minimum atomic E-state index is -1.28. The third-order valence-electron chi connectivity index (χ3n) is 2.23. The third-order valence-corrected chi connectivity index (χ3v) is 2.23. The quantitative estimate of drug-likeness (QED) is 0.616. The molecule has 5 nitrogen and oxygen atoms in total. The fraction of sp³-hybridized carbons (Fsp3) is 0.400. The molecule has 1 unspecified atom stereocenters. The first kappa shape index (κ1) is 13.3. The summed E-state index contributed by atoms with van der Waals surface area (Å²) in [4.78, 5) is 9.80. The van der Waals surface area contributed by atoms with Gasteiger partial charge in [-0.05, 0) is 6.42 Å². The highest BCUT2D eigenvalue weighted by Crippen LogP contribution is 2.27. The minimum Gasteiger partial charge on any atom is -0.391 e. The largest absolute Gasteiger partial charge is 0.391 e. The number of nitro groups is 1. The summed E-state index contributed by atoms with van der Waals surface area (Å²) in [5, 5.41) is 22.4. The molecule has 0 bridgehead atoms. The molecular formula is C10H12F2N2O3. The SMILES string of the molecule is CCC(O)CNc1cc(F)c(F)cc1[N+](=O)[O-]. The lowest BCUT2D eigenvalue weighted by Gasteiger charge is -2.11. The number of nitrogens with one attached hydrogen (secondary N) is 1. The number of aliphatic hydroxyl groups is 1. The number of hydrogen-bond acceptors (Lipinski definition) is 4. The first-order valence-electron chi connectivity index (χ1n) is 5.01. The fourth-order valence-electron chi connectivity index (χ4n) is 1.20. The molecular weight excluding hydrogens is 234 g/mol. The van der Waals surface area contributed by atoms with Crippen LogP contribution in [0.1, 0.15) is 13.3 Å². The van der Waals surface area contributed by atoms with Gasteiger partial charge in [0.05, 0.1) is 17.1 Å². The molecule has 7 heteroatoms. The van der Waals surface area contributed by atoms with Crippen molar-refractivity contribution < 1.29 is 18.8 Å². The van der Waals surface area contributed by atoms with Gasteiger partial charge in [-0.2, -0.15) is 0 Å². The zero-order valence-corrected chi connectivity index (χ0v) is 9.11. The van der Waals surface area contributed by atoms with E-state index >= 15 is 0 Å². The third kappa shape index (κ3) is 3.35. The summed E-state index contributed by atoms with van der Waals surface area (Å²) in [6.45, 7) is 1.76. The molecule has 1 rings (SSSR count). The molecule has 0 aliphatic rings. The summed E-state index contributed by atoms with van der Waals surface area (Å²) in [5.41, 5.74) is -0.714. The van der Waals surface area contributed by atoms with Crippen molar-refractivity contribution in [3.05, 3.63) is 33.9 Å². The molecule has 0 aliphatic heterocycles. The normalized spacial score (nSPS) is 12.2. The molecule has 1 atom stereocenters. The van der Waals surface area contributed by atoms with Gasteiger partial charge in [-0.1, -0.05) is 6.92 Å². The van der Waals surface area contributed by atoms with Crippen molar-refractivity contribution in [1.82, 2.24) is 0 Å². The number of nitro benzene ring substituents is 1. The van der Waals surface area contributed by atoms with E-state index in [1.165, 1.54) is 0 Å². The van der Waals surface area contributed by atoms with Crippen LogP contribution in [0.25, 0.3) is 0 Å². The van der Waals surface area contributed by atoms with E-state index in [0.29, 0.717) is 18.6 Å². The van der Waals surface area contributed by atoms with Crippen LogP contribution in [0.15, 0.2) is 12.1 Å². The Morgan fingerprint density at radius 3 is 2.59 bits per heavy atom. The topological polar surface area (TPSA) is 75.4 Å². The maximum atomic E-state index is 12.9. The summed E-state index contributed by atoms with van der Waals surface area (Å²) in [6.07, 6.45) is -0.257. The summed E-state index contributed by atoms with van der Waals surface area (Å²) >= 11 is 0. The van der Waals surface area contributed by atoms with Gasteiger partial charge in [-0.3, -0.25) is 10.1 Å². The van der Waals surface area contributed by atoms with Crippen LogP contribution < -0.4 is 5.32 Å². The molecule has 0 aromatic heterocycles. The van der Waals surface area contributed by atoms with Crippen LogP contribution in [-0.4, -0.2) is 22.7 Å². The zero-order valence-electron chi connectivity index (χ0n) is 9.11. The zero-order chi connectivity index (χ0) is 13.0. The van der Waals surface area contributed by atoms with Crippen LogP contribution >= 0.6 is 0 Å². The maximum absolute atomic E-state index is 12.9. The van der Waals surface area contributed by atoms with E-state index in [4.69, 9.17) is 0 Å². The summed E-state index contributed by atoms with van der Waals surface area (Å²) in [5.74, 6) is -2.46. The van der Waals surface area contributed by atoms with Crippen LogP contribution in [0.4, 0.5) is 20.2 Å². The van der Waals surface area contributed by atoms with Gasteiger partial charge in [0.15, 0.2) is 11.6 Å². The van der Waals surface area contributed by atoms with Crippen molar-refractivity contribution in [2.24, 2.45) is 0 Å². The van der Waals surface area contributed by atoms with Crippen LogP contribution in [0, 0.1) is 21.7 Å². The van der Waals surface area contributed by atoms with Crippen molar-refractivity contribution in [3.8, 4) is 0 Å². The Bertz CT molecular complexity index is 426. The molecule has 94 valence electrons. The molecule has 0 fully saturated rings. The molecule has 0 aliphatic carbocycles. The molecule has 2 N–H and O–H groups in total. The minimum absolute atomic E-state index is 0.0302. The van der Waals surface area contributed by atoms with Crippen LogP contribution in [0.5, 0.6) is 0 Å². The van der Waals surface area contributed by atoms with Gasteiger partial charge in [-0.15, -0.1) is 0 Å². The first-order valence-corrected chi connectivity index (χ1v) is 5.01. The van der Waals surface area contributed by atoms with Crippen LogP contribution in [0.2, 0.25) is 0 Å². The van der Waals surface area contributed by atoms with Crippen molar-refractivity contribution in [1.29, 1.82) is 0 Å². The Labute approximate surface area is 96.2 Å². The van der Waals surface area contributed by atoms with Gasteiger partial charge in [0.2, 0.25) is 0 Å². The second-order valence-electron chi connectivity index (χ2n) is 3.48. The highest BCUT2D eigenvalue weighted by molar-refractivity contribution is 5.61. The molecule has 17 heavy (non-hydrogen) atoms. The van der Waals surface area contributed by atoms with E-state index in [1.807, 2.05) is 0 Å². The van der Waals surface area contributed by atoms with Gasteiger partial charge in [0.1, 0.15) is 5.69 Å². The summed E-state index contributed by atoms with van der Waals surface area (Å²) < 4.78 is 25.8. The molecule has 0 heterocycles. The average molecular weight is 246 g/mol. The Morgan fingerprint density at radius 2 is 2.06 bits per heavy atom. The Hall–Kier alpha value is -1.76. The summed E-state index contributed by atoms with van der Waals surface area (Å²) in [6, 6.07) is 1.21. The highest BCUT2D eigenvalue weighted by atomic mass is 19.2. The Balaban J connectivity index is 2.96. The van der Waals surface area contributed by atoms with Crippen molar-refractivity contribution in [2.75, 3.05) is 11.9 Å². The number of benzene rings is 1. The van der Waals surface area contributed by atoms with Gasteiger partial charge < -0.3 is 10.4 Å². The van der Waals surface area contributed by atoms with E-state index < -0.39 is 28.3 Å². The molecule has 1 aromatic carbocycles. The number of halogens is 2. The Kier molecular flexibility index (Phi) is 4.33. The fourth-order valence-corrected chi connectivity index (χ4v) is 1.20. The lowest BCUT2D eigenvalue weighted by Crippen LogP contribution is -2.19. The average Bonchev–Trinajstić information content (AvgIpc) is 2.29. The van der Waals surface area contributed by atoms with E-state index in [1.54, 1.807) is 6.92 Å². The highest BCUT2D eigenvalue weighted by Gasteiger charge is 2.18. The van der Waals surface area contributed by atoms with Gasteiger partial charge in [-0.25, -0.2) is 8.78 Å². The van der Waals surface area contributed by atoms with Crippen molar-refractivity contribution in [3.63, 3.8) is 0 Å². The van der Waals surface area contributed by atoms with Crippen LogP contribution in [-0.2, 0) is 0 Å². The lowest BCUT2D eigenvalue weighted by molar-refractivity contribution is -0.384. The van der Waals surface area contributed by atoms with Gasteiger partial charge in [0, 0.05) is 12.6 Å². The lowest BCUT2D eigenvalue weighted by atomic mass is 10.2. The second-order valence-corrected chi connectivity index (χ2v) is 3.48. The number of anilines is 1. The van der Waals surface area contributed by atoms with Crippen LogP contribution in [0.3, 0.4) is 0 Å². The van der Waals surface area contributed by atoms with E-state index in [-0.39, 0.29) is 12.2 Å². The smallest absolute Gasteiger partial charge is 0.295 e. The van der Waals surface area contributed by atoms with Gasteiger partial charge >= 0.3 is 0 Å². The summed E-state index contributed by atoms with van der Waals surface area (Å²) in [7, 11) is 0. The predicted molar refractivity (Wildman–Crippen MR) is 57.8 cm³/mol. The van der Waals surface area contributed by atoms with E-state index in [2.05, 4.69) is 5.32 Å². The molecule has 0 radical (unpaired) electrons. The molecule has 0 amide bonds. The van der Waals surface area contributed by atoms with Crippen molar-refractivity contribution >= 4 is 11.4 Å². The molecule has 0 saturated carbocycles. The standard InChI is InChI=1S/C10H12F2N2O3/c1-2-6(15)5-13-9-3-7(11)8(12)4-10(9)14(16)17/h3-4,6,13,15H,2,5H2,1H3. The molecule has 1 aromatic rings. The second kappa shape index (κ2) is 5.53. The molecule has 0 saturated heterocycles. The number of hydrogen-bond donors (Lipinski definition) is 2. The molecule has 0 spiro atoms. The van der Waals surface area contributed by atoms with E-state index in [0.717, 1.165) is 0 Å². The first-order chi connectivity index (χ1) is 7.95. The monoisotopic (exact) mass is 246 g/mol. The predicted octanol–water partition coefficient (Wildman–Crippen LogP) is 2.06. The Morgan fingerprint density at radius 1 is 1.47 bits per heavy atom. The number of rotatable bonds is 5.